The van der Waals surface area contributed by atoms with E-state index in [2.05, 4.69) is 6.08 Å². The lowest BCUT2D eigenvalue weighted by atomic mass is 9.81. The molecule has 0 aromatic carbocycles. The van der Waals surface area contributed by atoms with E-state index < -0.39 is 0 Å². The molecule has 0 aromatic heterocycles. The number of allylic oxidation sites excluding steroid dienone is 4. The summed E-state index contributed by atoms with van der Waals surface area (Å²) in [6.07, 6.45) is 7.54. The molecule has 0 aromatic rings. The Kier molecular flexibility index (Phi) is 2.46. The molecule has 2 atom stereocenters. The van der Waals surface area contributed by atoms with Crippen molar-refractivity contribution in [1.82, 2.24) is 5.06 Å². The van der Waals surface area contributed by atoms with E-state index in [-0.39, 0.29) is 6.04 Å². The predicted molar refractivity (Wildman–Crippen MR) is 65.9 cm³/mol. The molecule has 0 saturated heterocycles. The number of halogens is 1. The first kappa shape index (κ1) is 10.6. The molecule has 2 nitrogen and oxygen atoms in total. The van der Waals surface area contributed by atoms with Gasteiger partial charge in [0.15, 0.2) is 0 Å². The van der Waals surface area contributed by atoms with E-state index in [0.29, 0.717) is 12.5 Å². The summed E-state index contributed by atoms with van der Waals surface area (Å²) >= 11 is 6.23. The summed E-state index contributed by atoms with van der Waals surface area (Å²) in [5.41, 5.74) is 3.72. The van der Waals surface area contributed by atoms with Crippen LogP contribution in [0, 0.1) is 11.1 Å². The molecule has 2 unspecified atom stereocenters. The molecular formula is C13H15ClNO-. The molecule has 3 aliphatic rings. The topological polar surface area (TPSA) is 26.3 Å². The quantitative estimate of drug-likeness (QED) is 0.645. The van der Waals surface area contributed by atoms with Gasteiger partial charge in [0.2, 0.25) is 0 Å². The summed E-state index contributed by atoms with van der Waals surface area (Å²) in [6.45, 7) is 2.48. The first-order chi connectivity index (χ1) is 7.66. The second-order valence-corrected chi connectivity index (χ2v) is 5.39. The Morgan fingerprint density at radius 1 is 1.50 bits per heavy atom. The maximum Gasteiger partial charge on any atom is 0.0459 e. The Hall–Kier alpha value is -0.570. The molecule has 0 saturated carbocycles. The van der Waals surface area contributed by atoms with Crippen LogP contribution in [0.5, 0.6) is 0 Å². The second kappa shape index (κ2) is 3.73. The van der Waals surface area contributed by atoms with Gasteiger partial charge in [-0.1, -0.05) is 24.6 Å². The highest BCUT2D eigenvalue weighted by Gasteiger charge is 2.33. The van der Waals surface area contributed by atoms with Crippen molar-refractivity contribution in [1.29, 1.82) is 0 Å². The summed E-state index contributed by atoms with van der Waals surface area (Å²) in [5.74, 6) is 0.538. The van der Waals surface area contributed by atoms with Crippen LogP contribution in [-0.4, -0.2) is 17.6 Å². The number of hydrogen-bond acceptors (Lipinski definition) is 2. The molecule has 0 N–H and O–H groups in total. The molecule has 0 radical (unpaired) electrons. The van der Waals surface area contributed by atoms with Crippen LogP contribution >= 0.6 is 11.6 Å². The van der Waals surface area contributed by atoms with Gasteiger partial charge in [0.05, 0.1) is 0 Å². The molecule has 1 aliphatic heterocycles. The van der Waals surface area contributed by atoms with Gasteiger partial charge in [0.1, 0.15) is 0 Å². The van der Waals surface area contributed by atoms with Gasteiger partial charge in [-0.25, -0.2) is 0 Å². The van der Waals surface area contributed by atoms with Gasteiger partial charge in [-0.15, -0.1) is 0 Å². The fourth-order valence-electron chi connectivity index (χ4n) is 3.08. The highest BCUT2D eigenvalue weighted by atomic mass is 35.5. The van der Waals surface area contributed by atoms with E-state index in [1.165, 1.54) is 22.6 Å². The number of rotatable bonds is 0. The smallest absolute Gasteiger partial charge is 0.0459 e. The summed E-state index contributed by atoms with van der Waals surface area (Å²) in [5, 5.41) is 13.8. The van der Waals surface area contributed by atoms with Gasteiger partial charge < -0.3 is 10.3 Å². The largest absolute Gasteiger partial charge is 0.785 e. The third kappa shape index (κ3) is 1.48. The number of nitrogens with zero attached hydrogens (tertiary/aromatic N) is 1. The lowest BCUT2D eigenvalue weighted by Crippen LogP contribution is -2.28. The normalized spacial score (nSPS) is 34.4. The van der Waals surface area contributed by atoms with Crippen molar-refractivity contribution in [2.24, 2.45) is 5.92 Å². The Morgan fingerprint density at radius 2 is 2.31 bits per heavy atom. The zero-order valence-electron chi connectivity index (χ0n) is 9.37. The lowest BCUT2D eigenvalue weighted by molar-refractivity contribution is 0.286. The molecular weight excluding hydrogens is 222 g/mol. The highest BCUT2D eigenvalue weighted by molar-refractivity contribution is 6.33. The molecule has 0 bridgehead atoms. The fourth-order valence-corrected chi connectivity index (χ4v) is 3.36. The van der Waals surface area contributed by atoms with Crippen LogP contribution in [-0.2, 0) is 0 Å². The molecule has 0 amide bonds. The maximum atomic E-state index is 11.9. The average molecular weight is 237 g/mol. The predicted octanol–water partition coefficient (Wildman–Crippen LogP) is 3.35. The molecule has 1 heterocycles. The minimum absolute atomic E-state index is 0.111. The van der Waals surface area contributed by atoms with Crippen molar-refractivity contribution in [3.05, 3.63) is 39.1 Å². The number of hydroxylamine groups is 2. The van der Waals surface area contributed by atoms with E-state index in [0.717, 1.165) is 23.4 Å². The zero-order valence-corrected chi connectivity index (χ0v) is 10.1. The van der Waals surface area contributed by atoms with Crippen molar-refractivity contribution in [3.8, 4) is 0 Å². The van der Waals surface area contributed by atoms with E-state index in [1.54, 1.807) is 0 Å². The van der Waals surface area contributed by atoms with Crippen LogP contribution in [0.3, 0.4) is 0 Å². The summed E-state index contributed by atoms with van der Waals surface area (Å²) < 4.78 is 0. The molecule has 3 heteroatoms. The Labute approximate surface area is 101 Å². The van der Waals surface area contributed by atoms with E-state index in [9.17, 15) is 5.21 Å². The van der Waals surface area contributed by atoms with Crippen molar-refractivity contribution < 1.29 is 0 Å². The Balaban J connectivity index is 2.07. The fraction of sp³-hybridized carbons (Fsp3) is 0.538. The summed E-state index contributed by atoms with van der Waals surface area (Å²) in [7, 11) is 0. The van der Waals surface area contributed by atoms with Crippen LogP contribution in [0.15, 0.2) is 33.9 Å². The zero-order chi connectivity index (χ0) is 11.3. The standard InChI is InChI=1S/C13H15ClNO/c1-8-5-9-3-2-4-10-6-12(14)11(13(9)10)7-15(8)16/h4,6,8-9H,2-3,5,7H2,1H3/q-1. The maximum absolute atomic E-state index is 11.9. The van der Waals surface area contributed by atoms with Gasteiger partial charge in [0, 0.05) is 11.6 Å². The van der Waals surface area contributed by atoms with Crippen molar-refractivity contribution >= 4 is 11.6 Å². The Bertz CT molecular complexity index is 422. The van der Waals surface area contributed by atoms with E-state index in [4.69, 9.17) is 11.6 Å². The average Bonchev–Trinajstić information content (AvgIpc) is 2.48. The molecule has 2 aliphatic carbocycles. The van der Waals surface area contributed by atoms with Gasteiger partial charge in [0.25, 0.3) is 0 Å². The third-order valence-electron chi connectivity index (χ3n) is 3.93. The first-order valence-electron chi connectivity index (χ1n) is 5.91. The van der Waals surface area contributed by atoms with Gasteiger partial charge >= 0.3 is 0 Å². The van der Waals surface area contributed by atoms with Crippen molar-refractivity contribution in [2.45, 2.75) is 32.2 Å². The monoisotopic (exact) mass is 236 g/mol. The minimum atomic E-state index is 0.111. The molecule has 0 fully saturated rings. The summed E-state index contributed by atoms with van der Waals surface area (Å²) in [6, 6.07) is 0.111. The van der Waals surface area contributed by atoms with Gasteiger partial charge in [-0.2, -0.15) is 0 Å². The van der Waals surface area contributed by atoms with Crippen LogP contribution < -0.4 is 0 Å². The number of hydrogen-bond donors (Lipinski definition) is 0. The SMILES string of the molecule is CC1CC2CCC=C3C=C(Cl)C(=C32)CN1[O-]. The van der Waals surface area contributed by atoms with E-state index in [1.807, 2.05) is 13.0 Å². The summed E-state index contributed by atoms with van der Waals surface area (Å²) in [4.78, 5) is 0. The molecule has 3 rings (SSSR count). The van der Waals surface area contributed by atoms with Crippen LogP contribution in [0.4, 0.5) is 0 Å². The van der Waals surface area contributed by atoms with Gasteiger partial charge in [-0.3, -0.25) is 0 Å². The van der Waals surface area contributed by atoms with Crippen molar-refractivity contribution in [3.63, 3.8) is 0 Å². The van der Waals surface area contributed by atoms with Crippen molar-refractivity contribution in [2.75, 3.05) is 6.54 Å². The van der Waals surface area contributed by atoms with Gasteiger partial charge in [-0.05, 0) is 54.0 Å². The minimum Gasteiger partial charge on any atom is -0.785 e. The highest BCUT2D eigenvalue weighted by Crippen LogP contribution is 2.45. The van der Waals surface area contributed by atoms with E-state index >= 15 is 0 Å². The van der Waals surface area contributed by atoms with Crippen LogP contribution in [0.25, 0.3) is 0 Å². The second-order valence-electron chi connectivity index (χ2n) is 4.98. The van der Waals surface area contributed by atoms with Crippen LogP contribution in [0.1, 0.15) is 26.2 Å². The molecule has 0 spiro atoms. The Morgan fingerprint density at radius 3 is 3.12 bits per heavy atom. The first-order valence-corrected chi connectivity index (χ1v) is 6.29. The molecule has 86 valence electrons. The van der Waals surface area contributed by atoms with Crippen LogP contribution in [0.2, 0.25) is 0 Å². The third-order valence-corrected chi connectivity index (χ3v) is 4.26. The lowest BCUT2D eigenvalue weighted by Gasteiger charge is -2.34. The molecule has 16 heavy (non-hydrogen) atoms.